The van der Waals surface area contributed by atoms with E-state index < -0.39 is 18.1 Å². The predicted molar refractivity (Wildman–Crippen MR) is 247 cm³/mol. The van der Waals surface area contributed by atoms with Crippen LogP contribution in [0.25, 0.3) is 0 Å². The first-order valence-corrected chi connectivity index (χ1v) is 22.9. The van der Waals surface area contributed by atoms with E-state index in [4.69, 9.17) is 14.2 Å². The number of nitrogens with zero attached hydrogens (tertiary/aromatic N) is 1. The molecule has 1 N–H and O–H groups in total. The van der Waals surface area contributed by atoms with Crippen LogP contribution in [0.15, 0.2) is 97.2 Å². The van der Waals surface area contributed by atoms with Crippen molar-refractivity contribution in [3.8, 4) is 0 Å². The molecule has 0 aromatic rings. The molecule has 0 rings (SSSR count). The van der Waals surface area contributed by atoms with E-state index in [2.05, 4.69) is 50.3 Å². The molecule has 59 heavy (non-hydrogen) atoms. The molecule has 2 unspecified atom stereocenters. The molecule has 0 bridgehead atoms. The quantitative estimate of drug-likeness (QED) is 0.0285. The summed E-state index contributed by atoms with van der Waals surface area (Å²) in [4.78, 5) is 37.0. The van der Waals surface area contributed by atoms with Gasteiger partial charge in [0.15, 0.2) is 12.1 Å². The van der Waals surface area contributed by atoms with Gasteiger partial charge in [-0.15, -0.1) is 0 Å². The van der Waals surface area contributed by atoms with Gasteiger partial charge < -0.3 is 23.8 Å². The predicted octanol–water partition coefficient (Wildman–Crippen LogP) is 12.7. The summed E-state index contributed by atoms with van der Waals surface area (Å²) in [6, 6.07) is -0.632. The van der Waals surface area contributed by atoms with Crippen LogP contribution in [0.2, 0.25) is 0 Å². The number of esters is 2. The number of carboxylic acids is 1. The zero-order chi connectivity index (χ0) is 43.5. The van der Waals surface area contributed by atoms with Crippen molar-refractivity contribution in [3.05, 3.63) is 97.2 Å². The van der Waals surface area contributed by atoms with Gasteiger partial charge in [-0.25, -0.2) is 4.79 Å². The van der Waals surface area contributed by atoms with Crippen LogP contribution in [-0.4, -0.2) is 80.6 Å². The first kappa shape index (κ1) is 55.2. The molecule has 0 aliphatic rings. The molecule has 0 saturated heterocycles. The van der Waals surface area contributed by atoms with Crippen molar-refractivity contribution in [3.63, 3.8) is 0 Å². The van der Waals surface area contributed by atoms with E-state index in [0.717, 1.165) is 64.2 Å². The third kappa shape index (κ3) is 39.5. The number of aliphatic carboxylic acids is 1. The lowest BCUT2D eigenvalue weighted by Gasteiger charge is -2.31. The summed E-state index contributed by atoms with van der Waals surface area (Å²) in [6.07, 6.45) is 54.5. The number of likely N-dealkylation sites (N-methyl/N-ethyl adjacent to an activating group) is 1. The number of hydrogen-bond acceptors (Lipinski definition) is 6. The zero-order valence-corrected chi connectivity index (χ0v) is 37.9. The second-order valence-corrected chi connectivity index (χ2v) is 16.1. The van der Waals surface area contributed by atoms with Crippen LogP contribution in [0.4, 0.5) is 0 Å². The second kappa shape index (κ2) is 41.0. The summed E-state index contributed by atoms with van der Waals surface area (Å²) < 4.78 is 17.2. The SMILES string of the molecule is CC/C=C/C=C/C=C/C=C/C=C/C=C/CCCCCC(=O)OC(COCCC(C(=O)O)[N+](C)(C)C)COC(=O)CCCCCCC/C=C/C=C/CCCCCCCCC. The zero-order valence-electron chi connectivity index (χ0n) is 37.9. The Morgan fingerprint density at radius 3 is 1.44 bits per heavy atom. The molecule has 0 heterocycles. The summed E-state index contributed by atoms with van der Waals surface area (Å²) in [7, 11) is 5.49. The summed E-state index contributed by atoms with van der Waals surface area (Å²) in [5.41, 5.74) is 0. The highest BCUT2D eigenvalue weighted by molar-refractivity contribution is 5.72. The minimum Gasteiger partial charge on any atom is -0.477 e. The highest BCUT2D eigenvalue weighted by Gasteiger charge is 2.31. The van der Waals surface area contributed by atoms with Gasteiger partial charge in [-0.2, -0.15) is 0 Å². The van der Waals surface area contributed by atoms with Crippen molar-refractivity contribution in [1.29, 1.82) is 0 Å². The van der Waals surface area contributed by atoms with Crippen molar-refractivity contribution in [2.75, 3.05) is 41.0 Å². The number of hydrogen-bond donors (Lipinski definition) is 1. The molecule has 0 aliphatic heterocycles. The van der Waals surface area contributed by atoms with Crippen LogP contribution in [0.3, 0.4) is 0 Å². The van der Waals surface area contributed by atoms with Gasteiger partial charge in [-0.1, -0.05) is 175 Å². The fourth-order valence-electron chi connectivity index (χ4n) is 6.11. The first-order valence-electron chi connectivity index (χ1n) is 22.9. The molecule has 334 valence electrons. The van der Waals surface area contributed by atoms with E-state index >= 15 is 0 Å². The molecular formula is C51H84NO7+. The maximum atomic E-state index is 12.7. The van der Waals surface area contributed by atoms with Gasteiger partial charge in [-0.05, 0) is 57.8 Å². The Hall–Kier alpha value is -3.75. The molecule has 0 spiro atoms. The Kier molecular flexibility index (Phi) is 38.4. The summed E-state index contributed by atoms with van der Waals surface area (Å²) in [5, 5.41) is 9.63. The molecule has 8 heteroatoms. The van der Waals surface area contributed by atoms with Crippen molar-refractivity contribution < 1.29 is 38.2 Å². The molecule has 0 amide bonds. The molecule has 2 atom stereocenters. The Morgan fingerprint density at radius 2 is 0.949 bits per heavy atom. The van der Waals surface area contributed by atoms with Crippen molar-refractivity contribution in [2.24, 2.45) is 0 Å². The minimum atomic E-state index is -0.890. The number of rotatable bonds is 39. The van der Waals surface area contributed by atoms with Gasteiger partial charge in [-0.3, -0.25) is 9.59 Å². The lowest BCUT2D eigenvalue weighted by atomic mass is 10.1. The normalized spacial score (nSPS) is 13.8. The maximum absolute atomic E-state index is 12.7. The van der Waals surface area contributed by atoms with Crippen molar-refractivity contribution in [1.82, 2.24) is 0 Å². The Morgan fingerprint density at radius 1 is 0.525 bits per heavy atom. The molecule has 8 nitrogen and oxygen atoms in total. The number of carbonyl (C=O) groups is 3. The second-order valence-electron chi connectivity index (χ2n) is 16.1. The molecule has 0 aliphatic carbocycles. The van der Waals surface area contributed by atoms with Crippen molar-refractivity contribution in [2.45, 2.75) is 167 Å². The average molecular weight is 823 g/mol. The Labute approximate surface area is 360 Å². The number of ether oxygens (including phenoxy) is 3. The third-order valence-corrected chi connectivity index (χ3v) is 9.66. The van der Waals surface area contributed by atoms with Crippen LogP contribution in [-0.2, 0) is 28.6 Å². The van der Waals surface area contributed by atoms with Crippen LogP contribution < -0.4 is 0 Å². The average Bonchev–Trinajstić information content (AvgIpc) is 3.19. The Balaban J connectivity index is 4.47. The van der Waals surface area contributed by atoms with Crippen LogP contribution >= 0.6 is 0 Å². The standard InChI is InChI=1S/C51H83NO7/c1-6-8-10-12-14-16-18-20-22-24-26-27-29-31-33-35-37-39-41-49(53)58-46-47(45-57-44-43-48(51(55)56)52(3,4)5)59-50(54)42-40-38-36-34-32-30-28-25-23-21-19-17-15-13-11-9-7-2/h9,11,13,15,17,19,21-28,30,32,47-48H,6-8,10,12,14,16,18,20,29,31,33-46H2,1-5H3/p+1/b11-9+,15-13+,19-17+,23-21+,24-22+,27-26+,28-25+,32-30+. The number of quaternary nitrogens is 1. The van der Waals surface area contributed by atoms with E-state index in [1.807, 2.05) is 81.9 Å². The highest BCUT2D eigenvalue weighted by atomic mass is 16.6. The fraction of sp³-hybridized carbons (Fsp3) is 0.627. The smallest absolute Gasteiger partial charge is 0.362 e. The van der Waals surface area contributed by atoms with E-state index in [0.29, 0.717) is 19.3 Å². The maximum Gasteiger partial charge on any atom is 0.362 e. The summed E-state index contributed by atoms with van der Waals surface area (Å²) >= 11 is 0. The van der Waals surface area contributed by atoms with Gasteiger partial charge in [0.25, 0.3) is 0 Å². The number of carbonyl (C=O) groups excluding carboxylic acids is 2. The van der Waals surface area contributed by atoms with Crippen LogP contribution in [0, 0.1) is 0 Å². The van der Waals surface area contributed by atoms with Gasteiger partial charge >= 0.3 is 17.9 Å². The summed E-state index contributed by atoms with van der Waals surface area (Å²) in [5.74, 6) is -1.56. The molecule has 0 aromatic heterocycles. The largest absolute Gasteiger partial charge is 0.477 e. The van der Waals surface area contributed by atoms with Gasteiger partial charge in [0.05, 0.1) is 34.4 Å². The Bertz CT molecular complexity index is 1280. The van der Waals surface area contributed by atoms with E-state index in [-0.39, 0.29) is 42.7 Å². The molecule has 0 radical (unpaired) electrons. The monoisotopic (exact) mass is 823 g/mol. The minimum absolute atomic E-state index is 0.0312. The topological polar surface area (TPSA) is 99.1 Å². The van der Waals surface area contributed by atoms with Gasteiger partial charge in [0, 0.05) is 19.3 Å². The van der Waals surface area contributed by atoms with Crippen LogP contribution in [0.5, 0.6) is 0 Å². The molecular weight excluding hydrogens is 739 g/mol. The van der Waals surface area contributed by atoms with E-state index in [1.54, 1.807) is 0 Å². The number of unbranched alkanes of at least 4 members (excludes halogenated alkanes) is 15. The number of allylic oxidation sites excluding steroid dienone is 16. The lowest BCUT2D eigenvalue weighted by Crippen LogP contribution is -2.50. The van der Waals surface area contributed by atoms with Crippen molar-refractivity contribution >= 4 is 17.9 Å². The molecule has 0 saturated carbocycles. The van der Waals surface area contributed by atoms with E-state index in [1.165, 1.54) is 51.4 Å². The summed E-state index contributed by atoms with van der Waals surface area (Å²) in [6.45, 7) is 4.50. The fourth-order valence-corrected chi connectivity index (χ4v) is 6.11. The lowest BCUT2D eigenvalue weighted by molar-refractivity contribution is -0.887. The van der Waals surface area contributed by atoms with E-state index in [9.17, 15) is 19.5 Å². The third-order valence-electron chi connectivity index (χ3n) is 9.66. The van der Waals surface area contributed by atoms with Gasteiger partial charge in [0.2, 0.25) is 0 Å². The number of carboxylic acid groups (broad SMARTS) is 1. The first-order chi connectivity index (χ1) is 28.6. The van der Waals surface area contributed by atoms with Crippen LogP contribution in [0.1, 0.15) is 155 Å². The molecule has 0 aromatic carbocycles. The molecule has 0 fully saturated rings. The van der Waals surface area contributed by atoms with Gasteiger partial charge in [0.1, 0.15) is 6.61 Å². The highest BCUT2D eigenvalue weighted by Crippen LogP contribution is 2.13.